The van der Waals surface area contributed by atoms with Gasteiger partial charge in [0.15, 0.2) is 0 Å². The molecule has 0 fully saturated rings. The lowest BCUT2D eigenvalue weighted by Gasteiger charge is -2.17. The SMILES string of the molecule is O=C1CSc2ccc(CNCCO)cc2N1. The summed E-state index contributed by atoms with van der Waals surface area (Å²) in [4.78, 5) is 12.3. The highest BCUT2D eigenvalue weighted by atomic mass is 32.2. The van der Waals surface area contributed by atoms with Crippen molar-refractivity contribution in [3.63, 3.8) is 0 Å². The Balaban J connectivity index is 2.06. The molecule has 1 aromatic carbocycles. The van der Waals surface area contributed by atoms with Crippen molar-refractivity contribution in [2.45, 2.75) is 11.4 Å². The molecule has 3 N–H and O–H groups in total. The van der Waals surface area contributed by atoms with E-state index in [0.29, 0.717) is 18.8 Å². The van der Waals surface area contributed by atoms with E-state index in [2.05, 4.69) is 10.6 Å². The zero-order valence-corrected chi connectivity index (χ0v) is 9.64. The molecule has 16 heavy (non-hydrogen) atoms. The maximum absolute atomic E-state index is 11.2. The average molecular weight is 238 g/mol. The Morgan fingerprint density at radius 3 is 3.19 bits per heavy atom. The molecule has 0 saturated carbocycles. The van der Waals surface area contributed by atoms with Gasteiger partial charge in [0.25, 0.3) is 0 Å². The van der Waals surface area contributed by atoms with E-state index in [-0.39, 0.29) is 12.5 Å². The van der Waals surface area contributed by atoms with Gasteiger partial charge in [-0.2, -0.15) is 0 Å². The number of fused-ring (bicyclic) bond motifs is 1. The summed E-state index contributed by atoms with van der Waals surface area (Å²) in [5, 5.41) is 14.6. The topological polar surface area (TPSA) is 61.4 Å². The molecule has 1 amide bonds. The molecule has 4 nitrogen and oxygen atoms in total. The van der Waals surface area contributed by atoms with Crippen LogP contribution in [0, 0.1) is 0 Å². The van der Waals surface area contributed by atoms with Crippen LogP contribution in [-0.2, 0) is 11.3 Å². The molecule has 0 aliphatic carbocycles. The van der Waals surface area contributed by atoms with Gasteiger partial charge in [0.1, 0.15) is 0 Å². The number of aliphatic hydroxyl groups excluding tert-OH is 1. The van der Waals surface area contributed by atoms with Crippen LogP contribution in [0.25, 0.3) is 0 Å². The van der Waals surface area contributed by atoms with E-state index >= 15 is 0 Å². The fourth-order valence-electron chi connectivity index (χ4n) is 1.55. The standard InChI is InChI=1S/C11H14N2O2S/c14-4-3-12-6-8-1-2-10-9(5-8)13-11(15)7-16-10/h1-2,5,12,14H,3-4,6-7H2,(H,13,15). The number of benzene rings is 1. The van der Waals surface area contributed by atoms with E-state index in [1.807, 2.05) is 18.2 Å². The minimum Gasteiger partial charge on any atom is -0.395 e. The Bertz CT molecular complexity index is 396. The summed E-state index contributed by atoms with van der Waals surface area (Å²) in [5.74, 6) is 0.549. The van der Waals surface area contributed by atoms with E-state index in [9.17, 15) is 4.79 Å². The molecule has 0 unspecified atom stereocenters. The zero-order chi connectivity index (χ0) is 11.4. The Morgan fingerprint density at radius 2 is 2.38 bits per heavy atom. The van der Waals surface area contributed by atoms with Crippen LogP contribution in [0.15, 0.2) is 23.1 Å². The fraction of sp³-hybridized carbons (Fsp3) is 0.364. The summed E-state index contributed by atoms with van der Waals surface area (Å²) in [7, 11) is 0. The van der Waals surface area contributed by atoms with Gasteiger partial charge in [-0.15, -0.1) is 11.8 Å². The predicted molar refractivity (Wildman–Crippen MR) is 64.6 cm³/mol. The van der Waals surface area contributed by atoms with Crippen LogP contribution in [-0.4, -0.2) is 29.9 Å². The van der Waals surface area contributed by atoms with Gasteiger partial charge in [-0.25, -0.2) is 0 Å². The van der Waals surface area contributed by atoms with Crippen LogP contribution < -0.4 is 10.6 Å². The molecule has 1 aromatic rings. The Morgan fingerprint density at radius 1 is 1.50 bits per heavy atom. The minimum atomic E-state index is 0.0537. The molecule has 86 valence electrons. The second kappa shape index (κ2) is 5.34. The van der Waals surface area contributed by atoms with E-state index in [1.54, 1.807) is 11.8 Å². The van der Waals surface area contributed by atoms with E-state index in [4.69, 9.17) is 5.11 Å². The Kier molecular flexibility index (Phi) is 3.82. The lowest BCUT2D eigenvalue weighted by molar-refractivity contribution is -0.113. The highest BCUT2D eigenvalue weighted by Crippen LogP contribution is 2.31. The molecule has 0 bridgehead atoms. The van der Waals surface area contributed by atoms with Gasteiger partial charge in [-0.1, -0.05) is 6.07 Å². The minimum absolute atomic E-state index is 0.0537. The maximum atomic E-state index is 11.2. The second-order valence-corrected chi connectivity index (χ2v) is 4.58. The molecule has 0 atom stereocenters. The molecular formula is C11H14N2O2S. The predicted octanol–water partition coefficient (Wildman–Crippen LogP) is 0.813. The molecule has 0 radical (unpaired) electrons. The highest BCUT2D eigenvalue weighted by Gasteiger charge is 2.14. The normalized spacial score (nSPS) is 14.4. The molecule has 0 aromatic heterocycles. The summed E-state index contributed by atoms with van der Waals surface area (Å²) in [5.41, 5.74) is 2.00. The lowest BCUT2D eigenvalue weighted by atomic mass is 10.2. The Labute approximate surface area is 98.4 Å². The molecule has 0 saturated heterocycles. The van der Waals surface area contributed by atoms with Crippen molar-refractivity contribution in [2.75, 3.05) is 24.2 Å². The number of nitrogens with one attached hydrogen (secondary N) is 2. The summed E-state index contributed by atoms with van der Waals surface area (Å²) < 4.78 is 0. The van der Waals surface area contributed by atoms with Crippen LogP contribution in [0.4, 0.5) is 5.69 Å². The first-order chi connectivity index (χ1) is 7.79. The van der Waals surface area contributed by atoms with Crippen molar-refractivity contribution in [1.82, 2.24) is 5.32 Å². The largest absolute Gasteiger partial charge is 0.395 e. The van der Waals surface area contributed by atoms with Crippen molar-refractivity contribution in [1.29, 1.82) is 0 Å². The van der Waals surface area contributed by atoms with Crippen molar-refractivity contribution in [2.24, 2.45) is 0 Å². The third-order valence-electron chi connectivity index (χ3n) is 2.29. The summed E-state index contributed by atoms with van der Waals surface area (Å²) in [6.07, 6.45) is 0. The highest BCUT2D eigenvalue weighted by molar-refractivity contribution is 8.00. The van der Waals surface area contributed by atoms with Gasteiger partial charge in [-0.05, 0) is 17.7 Å². The van der Waals surface area contributed by atoms with Crippen LogP contribution in [0.3, 0.4) is 0 Å². The molecule has 1 aliphatic rings. The number of rotatable bonds is 4. The van der Waals surface area contributed by atoms with Crippen LogP contribution in [0.5, 0.6) is 0 Å². The zero-order valence-electron chi connectivity index (χ0n) is 8.82. The number of carbonyl (C=O) groups is 1. The average Bonchev–Trinajstić information content (AvgIpc) is 2.29. The number of anilines is 1. The van der Waals surface area contributed by atoms with Gasteiger partial charge in [0.05, 0.1) is 18.0 Å². The summed E-state index contributed by atoms with van der Waals surface area (Å²) >= 11 is 1.56. The summed E-state index contributed by atoms with van der Waals surface area (Å²) in [6, 6.07) is 6.03. The molecule has 2 rings (SSSR count). The summed E-state index contributed by atoms with van der Waals surface area (Å²) in [6.45, 7) is 1.42. The van der Waals surface area contributed by atoms with E-state index < -0.39 is 0 Å². The van der Waals surface area contributed by atoms with Gasteiger partial charge >= 0.3 is 0 Å². The first-order valence-corrected chi connectivity index (χ1v) is 6.15. The quantitative estimate of drug-likeness (QED) is 0.679. The third-order valence-corrected chi connectivity index (χ3v) is 3.37. The van der Waals surface area contributed by atoms with Crippen LogP contribution >= 0.6 is 11.8 Å². The van der Waals surface area contributed by atoms with Crippen molar-refractivity contribution in [3.8, 4) is 0 Å². The molecule has 1 aliphatic heterocycles. The molecule has 0 spiro atoms. The number of hydrogen-bond donors (Lipinski definition) is 3. The van der Waals surface area contributed by atoms with Gasteiger partial charge in [0.2, 0.25) is 5.91 Å². The van der Waals surface area contributed by atoms with Gasteiger partial charge < -0.3 is 15.7 Å². The van der Waals surface area contributed by atoms with E-state index in [0.717, 1.165) is 16.1 Å². The molecule has 5 heteroatoms. The molecular weight excluding hydrogens is 224 g/mol. The van der Waals surface area contributed by atoms with Crippen molar-refractivity contribution < 1.29 is 9.90 Å². The van der Waals surface area contributed by atoms with Crippen molar-refractivity contribution >= 4 is 23.4 Å². The van der Waals surface area contributed by atoms with Gasteiger partial charge in [-0.3, -0.25) is 4.79 Å². The number of thioether (sulfide) groups is 1. The number of hydrogen-bond acceptors (Lipinski definition) is 4. The fourth-order valence-corrected chi connectivity index (χ4v) is 2.34. The number of amides is 1. The van der Waals surface area contributed by atoms with Crippen molar-refractivity contribution in [3.05, 3.63) is 23.8 Å². The first kappa shape index (κ1) is 11.4. The smallest absolute Gasteiger partial charge is 0.234 e. The van der Waals surface area contributed by atoms with Crippen LogP contribution in [0.2, 0.25) is 0 Å². The first-order valence-electron chi connectivity index (χ1n) is 5.17. The number of aliphatic hydroxyl groups is 1. The van der Waals surface area contributed by atoms with E-state index in [1.165, 1.54) is 0 Å². The second-order valence-electron chi connectivity index (χ2n) is 3.57. The molecule has 1 heterocycles. The van der Waals surface area contributed by atoms with Gasteiger partial charge in [0, 0.05) is 18.0 Å². The monoisotopic (exact) mass is 238 g/mol. The van der Waals surface area contributed by atoms with Crippen LogP contribution in [0.1, 0.15) is 5.56 Å². The Hall–Kier alpha value is -1.04. The lowest BCUT2D eigenvalue weighted by Crippen LogP contribution is -2.20. The number of carbonyl (C=O) groups excluding carboxylic acids is 1. The third kappa shape index (κ3) is 2.75. The maximum Gasteiger partial charge on any atom is 0.234 e.